The van der Waals surface area contributed by atoms with Crippen LogP contribution < -0.4 is 5.73 Å². The molecule has 0 aliphatic carbocycles. The average molecular weight is 304 g/mol. The van der Waals surface area contributed by atoms with Gasteiger partial charge in [0.25, 0.3) is 5.91 Å². The molecule has 0 unspecified atom stereocenters. The van der Waals surface area contributed by atoms with Crippen LogP contribution in [-0.4, -0.2) is 40.3 Å². The van der Waals surface area contributed by atoms with Gasteiger partial charge in [0.05, 0.1) is 17.3 Å². The lowest BCUT2D eigenvalue weighted by Crippen LogP contribution is -2.42. The molecule has 1 aliphatic heterocycles. The van der Waals surface area contributed by atoms with Crippen molar-refractivity contribution in [2.45, 2.75) is 38.8 Å². The molecule has 1 aromatic rings. The molecule has 5 nitrogen and oxygen atoms in total. The normalized spacial score (nSPS) is 17.2. The van der Waals surface area contributed by atoms with Gasteiger partial charge in [-0.25, -0.2) is 0 Å². The van der Waals surface area contributed by atoms with Gasteiger partial charge >= 0.3 is 6.18 Å². The number of hydrogen-bond donors (Lipinski definition) is 2. The van der Waals surface area contributed by atoms with E-state index in [9.17, 15) is 18.0 Å². The molecule has 3 N–H and O–H groups in total. The number of likely N-dealkylation sites (tertiary alicyclic amines) is 1. The Morgan fingerprint density at radius 1 is 1.43 bits per heavy atom. The minimum absolute atomic E-state index is 0.0681. The van der Waals surface area contributed by atoms with Crippen LogP contribution in [0.5, 0.6) is 0 Å². The van der Waals surface area contributed by atoms with Gasteiger partial charge in [0, 0.05) is 13.1 Å². The number of hydrogen-bond acceptors (Lipinski definition) is 3. The number of rotatable bonds is 3. The standard InChI is InChI=1S/C13H19F3N4O/c1-2-3-9-10(17)11(19-18-9)12(21)20-6-4-8(5-7-20)13(14,15)16/h8H,2-7,17H2,1H3,(H,18,19). The molecule has 0 atom stereocenters. The molecular weight excluding hydrogens is 285 g/mol. The summed E-state index contributed by atoms with van der Waals surface area (Å²) in [6, 6.07) is 0. The second-order valence-electron chi connectivity index (χ2n) is 5.32. The van der Waals surface area contributed by atoms with Crippen LogP contribution in [0.2, 0.25) is 0 Å². The van der Waals surface area contributed by atoms with Crippen molar-refractivity contribution in [2.24, 2.45) is 5.92 Å². The number of amides is 1. The number of halogens is 3. The largest absolute Gasteiger partial charge is 0.395 e. The smallest absolute Gasteiger partial charge is 0.391 e. The van der Waals surface area contributed by atoms with Gasteiger partial charge in [-0.1, -0.05) is 13.3 Å². The molecule has 8 heteroatoms. The van der Waals surface area contributed by atoms with E-state index < -0.39 is 18.0 Å². The van der Waals surface area contributed by atoms with Crippen LogP contribution in [0.1, 0.15) is 42.4 Å². The summed E-state index contributed by atoms with van der Waals surface area (Å²) in [5.41, 5.74) is 6.99. The van der Waals surface area contributed by atoms with Gasteiger partial charge in [0.1, 0.15) is 0 Å². The molecular formula is C13H19F3N4O. The monoisotopic (exact) mass is 304 g/mol. The van der Waals surface area contributed by atoms with Crippen LogP contribution in [0.3, 0.4) is 0 Å². The summed E-state index contributed by atoms with van der Waals surface area (Å²) in [5, 5.41) is 6.64. The highest BCUT2D eigenvalue weighted by atomic mass is 19.4. The lowest BCUT2D eigenvalue weighted by Gasteiger charge is -2.32. The molecule has 0 aromatic carbocycles. The maximum absolute atomic E-state index is 12.6. The zero-order valence-electron chi connectivity index (χ0n) is 11.8. The fourth-order valence-electron chi connectivity index (χ4n) is 2.55. The van der Waals surface area contributed by atoms with Gasteiger partial charge < -0.3 is 10.6 Å². The minimum Gasteiger partial charge on any atom is -0.395 e. The summed E-state index contributed by atoms with van der Waals surface area (Å²) in [6.07, 6.45) is -2.78. The van der Waals surface area contributed by atoms with Crippen LogP contribution in [0.25, 0.3) is 0 Å². The SMILES string of the molecule is CCCc1[nH]nc(C(=O)N2CCC(C(F)(F)F)CC2)c1N. The third-order valence-electron chi connectivity index (χ3n) is 3.83. The highest BCUT2D eigenvalue weighted by molar-refractivity contribution is 5.97. The van der Waals surface area contributed by atoms with E-state index in [1.807, 2.05) is 6.92 Å². The predicted molar refractivity (Wildman–Crippen MR) is 71.7 cm³/mol. The number of piperidine rings is 1. The van der Waals surface area contributed by atoms with Crippen molar-refractivity contribution in [1.29, 1.82) is 0 Å². The third kappa shape index (κ3) is 3.30. The first kappa shape index (κ1) is 15.7. The number of alkyl halides is 3. The Labute approximate surface area is 120 Å². The molecule has 118 valence electrons. The Kier molecular flexibility index (Phi) is 4.43. The first-order valence-electron chi connectivity index (χ1n) is 7.03. The molecule has 1 saturated heterocycles. The van der Waals surface area contributed by atoms with E-state index in [0.29, 0.717) is 17.8 Å². The minimum atomic E-state index is -4.19. The topological polar surface area (TPSA) is 75.0 Å². The summed E-state index contributed by atoms with van der Waals surface area (Å²) in [6.45, 7) is 2.14. The number of carbonyl (C=O) groups is 1. The van der Waals surface area contributed by atoms with E-state index in [1.54, 1.807) is 0 Å². The van der Waals surface area contributed by atoms with Crippen molar-refractivity contribution in [3.63, 3.8) is 0 Å². The molecule has 1 fully saturated rings. The summed E-state index contributed by atoms with van der Waals surface area (Å²) in [5.74, 6) is -1.72. The van der Waals surface area contributed by atoms with Crippen LogP contribution in [0.4, 0.5) is 18.9 Å². The third-order valence-corrected chi connectivity index (χ3v) is 3.83. The Hall–Kier alpha value is -1.73. The molecule has 2 rings (SSSR count). The number of anilines is 1. The molecule has 1 amide bonds. The van der Waals surface area contributed by atoms with Crippen molar-refractivity contribution >= 4 is 11.6 Å². The fraction of sp³-hybridized carbons (Fsp3) is 0.692. The van der Waals surface area contributed by atoms with Crippen molar-refractivity contribution in [1.82, 2.24) is 15.1 Å². The lowest BCUT2D eigenvalue weighted by atomic mass is 9.96. The molecule has 1 aliphatic rings. The quantitative estimate of drug-likeness (QED) is 0.900. The van der Waals surface area contributed by atoms with Crippen molar-refractivity contribution < 1.29 is 18.0 Å². The van der Waals surface area contributed by atoms with Crippen molar-refractivity contribution in [2.75, 3.05) is 18.8 Å². The molecule has 1 aromatic heterocycles. The van der Waals surface area contributed by atoms with Gasteiger partial charge in [0.2, 0.25) is 0 Å². The van der Waals surface area contributed by atoms with Crippen molar-refractivity contribution in [3.05, 3.63) is 11.4 Å². The first-order valence-corrected chi connectivity index (χ1v) is 7.03. The number of aromatic nitrogens is 2. The number of aromatic amines is 1. The van der Waals surface area contributed by atoms with Crippen LogP contribution in [-0.2, 0) is 6.42 Å². The Morgan fingerprint density at radius 3 is 2.57 bits per heavy atom. The molecule has 0 bridgehead atoms. The van der Waals surface area contributed by atoms with E-state index >= 15 is 0 Å². The summed E-state index contributed by atoms with van der Waals surface area (Å²) in [7, 11) is 0. The molecule has 2 heterocycles. The number of nitrogen functional groups attached to an aromatic ring is 1. The number of nitrogens with zero attached hydrogens (tertiary/aromatic N) is 2. The Bertz CT molecular complexity index is 504. The number of carbonyl (C=O) groups excluding carboxylic acids is 1. The van der Waals surface area contributed by atoms with Crippen LogP contribution in [0, 0.1) is 5.92 Å². The van der Waals surface area contributed by atoms with Crippen LogP contribution in [0.15, 0.2) is 0 Å². The molecule has 0 saturated carbocycles. The van der Waals surface area contributed by atoms with Crippen LogP contribution >= 0.6 is 0 Å². The van der Waals surface area contributed by atoms with E-state index in [4.69, 9.17) is 5.73 Å². The van der Waals surface area contributed by atoms with Gasteiger partial charge in [0.15, 0.2) is 5.69 Å². The number of H-pyrrole nitrogens is 1. The summed E-state index contributed by atoms with van der Waals surface area (Å²) < 4.78 is 37.8. The summed E-state index contributed by atoms with van der Waals surface area (Å²) in [4.78, 5) is 13.7. The van der Waals surface area contributed by atoms with Gasteiger partial charge in [-0.2, -0.15) is 18.3 Å². The highest BCUT2D eigenvalue weighted by Crippen LogP contribution is 2.34. The van der Waals surface area contributed by atoms with E-state index in [1.165, 1.54) is 4.90 Å². The number of nitrogens with two attached hydrogens (primary N) is 1. The molecule has 0 radical (unpaired) electrons. The Balaban J connectivity index is 2.02. The fourth-order valence-corrected chi connectivity index (χ4v) is 2.55. The van der Waals surface area contributed by atoms with Gasteiger partial charge in [-0.15, -0.1) is 0 Å². The average Bonchev–Trinajstić information content (AvgIpc) is 2.79. The zero-order valence-corrected chi connectivity index (χ0v) is 11.8. The number of aryl methyl sites for hydroxylation is 1. The Morgan fingerprint density at radius 2 is 2.05 bits per heavy atom. The van der Waals surface area contributed by atoms with E-state index in [0.717, 1.165) is 6.42 Å². The van der Waals surface area contributed by atoms with E-state index in [-0.39, 0.29) is 31.6 Å². The number of nitrogens with one attached hydrogen (secondary N) is 1. The van der Waals surface area contributed by atoms with Gasteiger partial charge in [-0.05, 0) is 19.3 Å². The second kappa shape index (κ2) is 5.95. The molecule has 21 heavy (non-hydrogen) atoms. The maximum Gasteiger partial charge on any atom is 0.391 e. The molecule has 0 spiro atoms. The summed E-state index contributed by atoms with van der Waals surface area (Å²) >= 11 is 0. The highest BCUT2D eigenvalue weighted by Gasteiger charge is 2.42. The van der Waals surface area contributed by atoms with E-state index in [2.05, 4.69) is 10.2 Å². The van der Waals surface area contributed by atoms with Crippen molar-refractivity contribution in [3.8, 4) is 0 Å². The lowest BCUT2D eigenvalue weighted by molar-refractivity contribution is -0.183. The second-order valence-corrected chi connectivity index (χ2v) is 5.32. The maximum atomic E-state index is 12.6. The predicted octanol–water partition coefficient (Wildman–Crippen LogP) is 2.36. The zero-order chi connectivity index (χ0) is 15.6. The first-order chi connectivity index (χ1) is 9.84. The van der Waals surface area contributed by atoms with Gasteiger partial charge in [-0.3, -0.25) is 9.89 Å².